The van der Waals surface area contributed by atoms with Crippen LogP contribution < -0.4 is 11.3 Å². The summed E-state index contributed by atoms with van der Waals surface area (Å²) in [7, 11) is 0. The average Bonchev–Trinajstić information content (AvgIpc) is 2.13. The zero-order valence-corrected chi connectivity index (χ0v) is 8.86. The summed E-state index contributed by atoms with van der Waals surface area (Å²) in [4.78, 5) is 0. The van der Waals surface area contributed by atoms with Crippen molar-refractivity contribution >= 4 is 23.2 Å². The lowest BCUT2D eigenvalue weighted by Gasteiger charge is -2.14. The maximum absolute atomic E-state index is 5.87. The molecule has 0 saturated carbocycles. The van der Waals surface area contributed by atoms with Crippen LogP contribution in [0, 0.1) is 0 Å². The number of hydrogen-bond acceptors (Lipinski definition) is 2. The third-order valence-electron chi connectivity index (χ3n) is 1.96. The van der Waals surface area contributed by atoms with Gasteiger partial charge in [-0.25, -0.2) is 0 Å². The van der Waals surface area contributed by atoms with Crippen molar-refractivity contribution in [1.82, 2.24) is 5.43 Å². The monoisotopic (exact) mass is 218 g/mol. The van der Waals surface area contributed by atoms with Crippen molar-refractivity contribution in [3.05, 3.63) is 33.8 Å². The lowest BCUT2D eigenvalue weighted by molar-refractivity contribution is 0.539. The van der Waals surface area contributed by atoms with Crippen LogP contribution in [0.5, 0.6) is 0 Å². The molecule has 0 spiro atoms. The molecule has 0 aliphatic heterocycles. The lowest BCUT2D eigenvalue weighted by atomic mass is 10.1. The highest BCUT2D eigenvalue weighted by atomic mass is 35.5. The Labute approximate surface area is 88.0 Å². The molecule has 2 nitrogen and oxygen atoms in total. The molecule has 72 valence electrons. The predicted molar refractivity (Wildman–Crippen MR) is 56.8 cm³/mol. The fourth-order valence-electron chi connectivity index (χ4n) is 1.18. The van der Waals surface area contributed by atoms with Gasteiger partial charge in [0.15, 0.2) is 0 Å². The molecular weight excluding hydrogens is 207 g/mol. The second-order valence-electron chi connectivity index (χ2n) is 2.80. The summed E-state index contributed by atoms with van der Waals surface area (Å²) >= 11 is 11.7. The van der Waals surface area contributed by atoms with Crippen molar-refractivity contribution < 1.29 is 0 Å². The zero-order chi connectivity index (χ0) is 9.84. The van der Waals surface area contributed by atoms with Gasteiger partial charge in [0.05, 0.1) is 10.0 Å². The molecule has 3 N–H and O–H groups in total. The van der Waals surface area contributed by atoms with E-state index in [0.717, 1.165) is 12.0 Å². The van der Waals surface area contributed by atoms with Gasteiger partial charge in [-0.15, -0.1) is 0 Å². The van der Waals surface area contributed by atoms with Crippen molar-refractivity contribution in [1.29, 1.82) is 0 Å². The zero-order valence-electron chi connectivity index (χ0n) is 7.35. The van der Waals surface area contributed by atoms with Crippen LogP contribution in [0.25, 0.3) is 0 Å². The average molecular weight is 219 g/mol. The van der Waals surface area contributed by atoms with Gasteiger partial charge in [-0.05, 0) is 24.1 Å². The minimum absolute atomic E-state index is 0.134. The largest absolute Gasteiger partial charge is 0.271 e. The molecular formula is C9H12Cl2N2. The summed E-state index contributed by atoms with van der Waals surface area (Å²) in [5, 5.41) is 1.13. The van der Waals surface area contributed by atoms with Crippen LogP contribution in [0.15, 0.2) is 18.2 Å². The molecule has 0 fully saturated rings. The van der Waals surface area contributed by atoms with E-state index in [1.807, 2.05) is 19.1 Å². The van der Waals surface area contributed by atoms with Gasteiger partial charge in [-0.2, -0.15) is 0 Å². The van der Waals surface area contributed by atoms with Crippen LogP contribution in [0.2, 0.25) is 10.0 Å². The van der Waals surface area contributed by atoms with Gasteiger partial charge in [-0.3, -0.25) is 11.3 Å². The molecule has 0 radical (unpaired) electrons. The molecule has 1 aromatic rings. The molecule has 0 unspecified atom stereocenters. The number of nitrogens with two attached hydrogens (primary N) is 1. The molecule has 0 saturated heterocycles. The second-order valence-corrected chi connectivity index (χ2v) is 3.62. The second kappa shape index (κ2) is 4.82. The highest BCUT2D eigenvalue weighted by molar-refractivity contribution is 6.42. The molecule has 1 rings (SSSR count). The van der Waals surface area contributed by atoms with E-state index < -0.39 is 0 Å². The Kier molecular flexibility index (Phi) is 4.00. The third kappa shape index (κ3) is 2.58. The molecule has 0 heterocycles. The van der Waals surface area contributed by atoms with Crippen molar-refractivity contribution in [2.24, 2.45) is 5.84 Å². The summed E-state index contributed by atoms with van der Waals surface area (Å²) in [6.45, 7) is 2.05. The Morgan fingerprint density at radius 1 is 1.38 bits per heavy atom. The summed E-state index contributed by atoms with van der Waals surface area (Å²) in [6.07, 6.45) is 0.911. The van der Waals surface area contributed by atoms with Crippen molar-refractivity contribution in [3.8, 4) is 0 Å². The standard InChI is InChI=1S/C9H12Cl2N2/c1-2-9(13-12)6-3-4-7(10)8(11)5-6/h3-5,9,13H,2,12H2,1H3/t9-/m1/s1. The molecule has 1 aromatic carbocycles. The van der Waals surface area contributed by atoms with E-state index in [1.54, 1.807) is 6.07 Å². The third-order valence-corrected chi connectivity index (χ3v) is 2.69. The van der Waals surface area contributed by atoms with E-state index >= 15 is 0 Å². The van der Waals surface area contributed by atoms with Crippen LogP contribution >= 0.6 is 23.2 Å². The molecule has 0 aromatic heterocycles. The Bertz CT molecular complexity index is 285. The van der Waals surface area contributed by atoms with Crippen LogP contribution in [-0.2, 0) is 0 Å². The first-order chi connectivity index (χ1) is 6.19. The van der Waals surface area contributed by atoms with Crippen LogP contribution in [-0.4, -0.2) is 0 Å². The van der Waals surface area contributed by atoms with Crippen molar-refractivity contribution in [3.63, 3.8) is 0 Å². The van der Waals surface area contributed by atoms with Gasteiger partial charge in [0, 0.05) is 6.04 Å². The number of hydrogen-bond donors (Lipinski definition) is 2. The highest BCUT2D eigenvalue weighted by Gasteiger charge is 2.08. The van der Waals surface area contributed by atoms with Gasteiger partial charge in [0.25, 0.3) is 0 Å². The van der Waals surface area contributed by atoms with Crippen LogP contribution in [0.4, 0.5) is 0 Å². The quantitative estimate of drug-likeness (QED) is 0.605. The van der Waals surface area contributed by atoms with Gasteiger partial charge in [0.1, 0.15) is 0 Å². The van der Waals surface area contributed by atoms with Crippen molar-refractivity contribution in [2.75, 3.05) is 0 Å². The Morgan fingerprint density at radius 3 is 2.54 bits per heavy atom. The molecule has 13 heavy (non-hydrogen) atoms. The molecule has 1 atom stereocenters. The highest BCUT2D eigenvalue weighted by Crippen LogP contribution is 2.26. The molecule has 0 aliphatic rings. The normalized spacial score (nSPS) is 12.9. The topological polar surface area (TPSA) is 38.0 Å². The van der Waals surface area contributed by atoms with Crippen LogP contribution in [0.3, 0.4) is 0 Å². The fourth-order valence-corrected chi connectivity index (χ4v) is 1.49. The van der Waals surface area contributed by atoms with E-state index in [1.165, 1.54) is 0 Å². The van der Waals surface area contributed by atoms with Crippen molar-refractivity contribution in [2.45, 2.75) is 19.4 Å². The van der Waals surface area contributed by atoms with Gasteiger partial charge < -0.3 is 0 Å². The SMILES string of the molecule is CC[C@@H](NN)c1ccc(Cl)c(Cl)c1. The first-order valence-corrected chi connectivity index (χ1v) is 4.85. The number of rotatable bonds is 3. The maximum atomic E-state index is 5.87. The number of benzene rings is 1. The van der Waals surface area contributed by atoms with E-state index in [2.05, 4.69) is 5.43 Å². The minimum atomic E-state index is 0.134. The Balaban J connectivity index is 2.95. The summed E-state index contributed by atoms with van der Waals surface area (Å²) in [6, 6.07) is 5.66. The first-order valence-electron chi connectivity index (χ1n) is 4.10. The van der Waals surface area contributed by atoms with E-state index in [-0.39, 0.29) is 6.04 Å². The molecule has 4 heteroatoms. The predicted octanol–water partition coefficient (Wildman–Crippen LogP) is 2.91. The summed E-state index contributed by atoms with van der Waals surface area (Å²) < 4.78 is 0. The minimum Gasteiger partial charge on any atom is -0.271 e. The number of nitrogens with one attached hydrogen (secondary N) is 1. The van der Waals surface area contributed by atoms with E-state index in [0.29, 0.717) is 10.0 Å². The van der Waals surface area contributed by atoms with E-state index in [4.69, 9.17) is 29.0 Å². The Hall–Kier alpha value is -0.280. The molecule has 0 bridgehead atoms. The smallest absolute Gasteiger partial charge is 0.0595 e. The Morgan fingerprint density at radius 2 is 2.08 bits per heavy atom. The van der Waals surface area contributed by atoms with E-state index in [9.17, 15) is 0 Å². The van der Waals surface area contributed by atoms with Crippen LogP contribution in [0.1, 0.15) is 24.9 Å². The molecule has 0 amide bonds. The summed E-state index contributed by atoms with van der Waals surface area (Å²) in [5.41, 5.74) is 3.77. The summed E-state index contributed by atoms with van der Waals surface area (Å²) in [5.74, 6) is 5.38. The lowest BCUT2D eigenvalue weighted by Crippen LogP contribution is -2.27. The number of halogens is 2. The van der Waals surface area contributed by atoms with Gasteiger partial charge in [0.2, 0.25) is 0 Å². The molecule has 0 aliphatic carbocycles. The van der Waals surface area contributed by atoms with Gasteiger partial charge >= 0.3 is 0 Å². The maximum Gasteiger partial charge on any atom is 0.0595 e. The van der Waals surface area contributed by atoms with Gasteiger partial charge in [-0.1, -0.05) is 36.2 Å². The fraction of sp³-hybridized carbons (Fsp3) is 0.333. The number of hydrazine groups is 1. The first kappa shape index (κ1) is 10.8.